The molecule has 13 heavy (non-hydrogen) atoms. The largest absolute Gasteiger partial charge is 0.395 e. The molecule has 1 aromatic heterocycles. The van der Waals surface area contributed by atoms with Gasteiger partial charge in [0.1, 0.15) is 0 Å². The molecule has 3 N–H and O–H groups in total. The normalized spacial score (nSPS) is 10.9. The highest BCUT2D eigenvalue weighted by atomic mass is 35.5. The van der Waals surface area contributed by atoms with E-state index >= 15 is 0 Å². The van der Waals surface area contributed by atoms with Gasteiger partial charge in [-0.15, -0.1) is 24.8 Å². The molecule has 0 aliphatic rings. The summed E-state index contributed by atoms with van der Waals surface area (Å²) in [6.07, 6.45) is 2.36. The van der Waals surface area contributed by atoms with Crippen LogP contribution in [0, 0.1) is 0 Å². The maximum Gasteiger partial charge on any atom is 0.0586 e. The monoisotopic (exact) mass is 224 g/mol. The Hall–Kier alpha value is -0.350. The van der Waals surface area contributed by atoms with Crippen LogP contribution in [0.15, 0.2) is 24.4 Å². The van der Waals surface area contributed by atoms with Gasteiger partial charge in [0.2, 0.25) is 0 Å². The summed E-state index contributed by atoms with van der Waals surface area (Å²) in [5.41, 5.74) is 6.44. The first kappa shape index (κ1) is 15.1. The van der Waals surface area contributed by atoms with E-state index < -0.39 is 0 Å². The SMILES string of the molecule is Cl.Cl.NC(CO)Cc1ccccn1. The number of nitrogens with two attached hydrogens (primary N) is 1. The summed E-state index contributed by atoms with van der Waals surface area (Å²) in [6, 6.07) is 5.47. The third-order valence-corrected chi connectivity index (χ3v) is 1.43. The van der Waals surface area contributed by atoms with Crippen LogP contribution in [0.5, 0.6) is 0 Å². The maximum atomic E-state index is 8.64. The summed E-state index contributed by atoms with van der Waals surface area (Å²) >= 11 is 0. The van der Waals surface area contributed by atoms with Gasteiger partial charge >= 0.3 is 0 Å². The number of hydrogen-bond acceptors (Lipinski definition) is 3. The van der Waals surface area contributed by atoms with Crippen LogP contribution in [0.3, 0.4) is 0 Å². The van der Waals surface area contributed by atoms with E-state index in [1.54, 1.807) is 6.20 Å². The Morgan fingerprint density at radius 1 is 1.38 bits per heavy atom. The molecule has 0 saturated carbocycles. The maximum absolute atomic E-state index is 8.64. The van der Waals surface area contributed by atoms with E-state index in [-0.39, 0.29) is 37.5 Å². The highest BCUT2D eigenvalue weighted by Gasteiger charge is 2.01. The summed E-state index contributed by atoms with van der Waals surface area (Å²) < 4.78 is 0. The van der Waals surface area contributed by atoms with Gasteiger partial charge in [0.05, 0.1) is 6.61 Å². The van der Waals surface area contributed by atoms with Gasteiger partial charge in [-0.2, -0.15) is 0 Å². The van der Waals surface area contributed by atoms with E-state index in [9.17, 15) is 0 Å². The molecule has 76 valence electrons. The first-order valence-electron chi connectivity index (χ1n) is 3.59. The van der Waals surface area contributed by atoms with Crippen molar-refractivity contribution in [2.75, 3.05) is 6.61 Å². The number of aromatic nitrogens is 1. The Morgan fingerprint density at radius 2 is 2.08 bits per heavy atom. The smallest absolute Gasteiger partial charge is 0.0586 e. The average molecular weight is 225 g/mol. The van der Waals surface area contributed by atoms with Gasteiger partial charge in [0.25, 0.3) is 0 Å². The predicted molar refractivity (Wildman–Crippen MR) is 57.5 cm³/mol. The van der Waals surface area contributed by atoms with Crippen LogP contribution >= 0.6 is 24.8 Å². The van der Waals surface area contributed by atoms with Gasteiger partial charge in [0.15, 0.2) is 0 Å². The van der Waals surface area contributed by atoms with Crippen molar-refractivity contribution >= 4 is 24.8 Å². The van der Waals surface area contributed by atoms with Crippen LogP contribution < -0.4 is 5.73 Å². The van der Waals surface area contributed by atoms with Gasteiger partial charge in [-0.05, 0) is 12.1 Å². The summed E-state index contributed by atoms with van der Waals surface area (Å²) in [6.45, 7) is 0.0105. The predicted octanol–water partition coefficient (Wildman–Crippen LogP) is 0.787. The highest BCUT2D eigenvalue weighted by molar-refractivity contribution is 5.85. The quantitative estimate of drug-likeness (QED) is 0.799. The number of rotatable bonds is 3. The fourth-order valence-corrected chi connectivity index (χ4v) is 0.852. The zero-order valence-electron chi connectivity index (χ0n) is 7.09. The van der Waals surface area contributed by atoms with Gasteiger partial charge in [-0.25, -0.2) is 0 Å². The fraction of sp³-hybridized carbons (Fsp3) is 0.375. The standard InChI is InChI=1S/C8H12N2O.2ClH/c9-7(6-11)5-8-3-1-2-4-10-8;;/h1-4,7,11H,5-6,9H2;2*1H. The molecule has 1 atom stereocenters. The van der Waals surface area contributed by atoms with E-state index in [0.29, 0.717) is 6.42 Å². The molecule has 1 heterocycles. The minimum absolute atomic E-state index is 0. The molecule has 1 rings (SSSR count). The minimum Gasteiger partial charge on any atom is -0.395 e. The third-order valence-electron chi connectivity index (χ3n) is 1.43. The van der Waals surface area contributed by atoms with Gasteiger partial charge in [-0.3, -0.25) is 4.98 Å². The molecule has 1 aromatic rings. The zero-order chi connectivity index (χ0) is 8.10. The number of aliphatic hydroxyl groups is 1. The van der Waals surface area contributed by atoms with Crippen molar-refractivity contribution in [2.45, 2.75) is 12.5 Å². The first-order chi connectivity index (χ1) is 5.33. The minimum atomic E-state index is -0.190. The number of pyridine rings is 1. The second kappa shape index (κ2) is 8.26. The Kier molecular flexibility index (Phi) is 9.61. The molecule has 1 unspecified atom stereocenters. The lowest BCUT2D eigenvalue weighted by Gasteiger charge is -2.05. The Morgan fingerprint density at radius 3 is 2.54 bits per heavy atom. The lowest BCUT2D eigenvalue weighted by molar-refractivity contribution is 0.264. The van der Waals surface area contributed by atoms with Gasteiger partial charge < -0.3 is 10.8 Å². The number of aliphatic hydroxyl groups excluding tert-OH is 1. The van der Waals surface area contributed by atoms with Crippen molar-refractivity contribution in [3.63, 3.8) is 0 Å². The third kappa shape index (κ3) is 5.82. The second-order valence-electron chi connectivity index (χ2n) is 2.47. The molecule has 0 amide bonds. The summed E-state index contributed by atoms with van der Waals surface area (Å²) in [7, 11) is 0. The molecule has 0 aliphatic heterocycles. The average Bonchev–Trinajstić information content (AvgIpc) is 2.06. The molecule has 0 fully saturated rings. The van der Waals surface area contributed by atoms with Crippen LogP contribution in [0.2, 0.25) is 0 Å². The van der Waals surface area contributed by atoms with Crippen molar-refractivity contribution in [3.05, 3.63) is 30.1 Å². The Balaban J connectivity index is 0. The second-order valence-corrected chi connectivity index (χ2v) is 2.47. The fourth-order valence-electron chi connectivity index (χ4n) is 0.852. The molecule has 0 aromatic carbocycles. The van der Waals surface area contributed by atoms with Crippen LogP contribution in [0.25, 0.3) is 0 Å². The van der Waals surface area contributed by atoms with E-state index in [1.165, 1.54) is 0 Å². The molecule has 0 aliphatic carbocycles. The molecule has 0 saturated heterocycles. The number of hydrogen-bond donors (Lipinski definition) is 2. The van der Waals surface area contributed by atoms with Crippen LogP contribution in [-0.2, 0) is 6.42 Å². The van der Waals surface area contributed by atoms with E-state index in [2.05, 4.69) is 4.98 Å². The van der Waals surface area contributed by atoms with Crippen molar-refractivity contribution in [2.24, 2.45) is 5.73 Å². The highest BCUT2D eigenvalue weighted by Crippen LogP contribution is 1.96. The molecule has 0 spiro atoms. The van der Waals surface area contributed by atoms with Crippen LogP contribution in [0.1, 0.15) is 5.69 Å². The van der Waals surface area contributed by atoms with Crippen molar-refractivity contribution in [1.29, 1.82) is 0 Å². The lowest BCUT2D eigenvalue weighted by Crippen LogP contribution is -2.27. The number of halogens is 2. The Labute approximate surface area is 90.2 Å². The van der Waals surface area contributed by atoms with Crippen LogP contribution in [0.4, 0.5) is 0 Å². The Bertz CT molecular complexity index is 209. The topological polar surface area (TPSA) is 59.1 Å². The van der Waals surface area contributed by atoms with Gasteiger partial charge in [-0.1, -0.05) is 6.07 Å². The summed E-state index contributed by atoms with van der Waals surface area (Å²) in [5.74, 6) is 0. The molecular formula is C8H14Cl2N2O. The summed E-state index contributed by atoms with van der Waals surface area (Å²) in [4.78, 5) is 4.08. The van der Waals surface area contributed by atoms with Crippen molar-refractivity contribution in [3.8, 4) is 0 Å². The van der Waals surface area contributed by atoms with Crippen molar-refractivity contribution in [1.82, 2.24) is 4.98 Å². The van der Waals surface area contributed by atoms with E-state index in [1.807, 2.05) is 18.2 Å². The van der Waals surface area contributed by atoms with E-state index in [0.717, 1.165) is 5.69 Å². The molecule has 3 nitrogen and oxygen atoms in total. The van der Waals surface area contributed by atoms with Crippen molar-refractivity contribution < 1.29 is 5.11 Å². The molecule has 0 radical (unpaired) electrons. The van der Waals surface area contributed by atoms with E-state index in [4.69, 9.17) is 10.8 Å². The molecule has 0 bridgehead atoms. The van der Waals surface area contributed by atoms with Gasteiger partial charge in [0, 0.05) is 24.4 Å². The first-order valence-corrected chi connectivity index (χ1v) is 3.59. The number of nitrogens with zero attached hydrogens (tertiary/aromatic N) is 1. The summed E-state index contributed by atoms with van der Waals surface area (Å²) in [5, 5.41) is 8.64. The molecular weight excluding hydrogens is 211 g/mol. The lowest BCUT2D eigenvalue weighted by atomic mass is 10.2. The zero-order valence-corrected chi connectivity index (χ0v) is 8.72. The van der Waals surface area contributed by atoms with Crippen LogP contribution in [-0.4, -0.2) is 22.7 Å². The molecule has 5 heteroatoms.